The van der Waals surface area contributed by atoms with Crippen LogP contribution in [0.5, 0.6) is 11.5 Å². The van der Waals surface area contributed by atoms with E-state index in [1.807, 2.05) is 30.3 Å². The van der Waals surface area contributed by atoms with Crippen molar-refractivity contribution in [2.75, 3.05) is 26.3 Å². The molecule has 0 radical (unpaired) electrons. The molecule has 1 fully saturated rings. The van der Waals surface area contributed by atoms with Gasteiger partial charge in [-0.05, 0) is 60.2 Å². The van der Waals surface area contributed by atoms with Gasteiger partial charge in [0.25, 0.3) is 0 Å². The molecule has 1 aliphatic heterocycles. The van der Waals surface area contributed by atoms with Gasteiger partial charge in [-0.1, -0.05) is 41.9 Å². The maximum Gasteiger partial charge on any atom is 0.220 e. The van der Waals surface area contributed by atoms with Crippen molar-refractivity contribution < 1.29 is 13.9 Å². The molecule has 10 heteroatoms. The van der Waals surface area contributed by atoms with Crippen molar-refractivity contribution in [3.8, 4) is 22.9 Å². The Morgan fingerprint density at radius 3 is 2.56 bits per heavy atom. The Morgan fingerprint density at radius 2 is 1.81 bits per heavy atom. The second kappa shape index (κ2) is 11.1. The molecule has 1 aliphatic rings. The van der Waals surface area contributed by atoms with Crippen LogP contribution in [0.3, 0.4) is 0 Å². The second-order valence-corrected chi connectivity index (χ2v) is 8.95. The highest BCUT2D eigenvalue weighted by Gasteiger charge is 2.18. The molecule has 5 rings (SSSR count). The minimum absolute atomic E-state index is 0.0839. The van der Waals surface area contributed by atoms with Gasteiger partial charge in [0.05, 0.1) is 26.1 Å². The third-order valence-electron chi connectivity index (χ3n) is 5.61. The Hall–Kier alpha value is -3.37. The number of rotatable bonds is 7. The summed E-state index contributed by atoms with van der Waals surface area (Å²) in [6.07, 6.45) is 1.68. The lowest BCUT2D eigenvalue weighted by molar-refractivity contribution is 0.0210. The predicted molar refractivity (Wildman–Crippen MR) is 140 cm³/mol. The van der Waals surface area contributed by atoms with Crippen LogP contribution in [-0.4, -0.2) is 51.9 Å². The lowest BCUT2D eigenvalue weighted by Gasteiger charge is -2.25. The van der Waals surface area contributed by atoms with Crippen molar-refractivity contribution in [3.63, 3.8) is 0 Å². The molecule has 184 valence electrons. The van der Waals surface area contributed by atoms with Crippen molar-refractivity contribution in [2.45, 2.75) is 6.67 Å². The van der Waals surface area contributed by atoms with Gasteiger partial charge in [0.1, 0.15) is 5.75 Å². The molecule has 0 atom stereocenters. The predicted octanol–water partition coefficient (Wildman–Crippen LogP) is 5.84. The van der Waals surface area contributed by atoms with Gasteiger partial charge in [-0.2, -0.15) is 9.78 Å². The lowest BCUT2D eigenvalue weighted by atomic mass is 10.2. The topological polar surface area (TPSA) is 56.8 Å². The van der Waals surface area contributed by atoms with E-state index < -0.39 is 5.82 Å². The molecule has 7 nitrogen and oxygen atoms in total. The Morgan fingerprint density at radius 1 is 1.06 bits per heavy atom. The van der Waals surface area contributed by atoms with Crippen LogP contribution in [-0.2, 0) is 11.4 Å². The Balaban J connectivity index is 1.53. The highest BCUT2D eigenvalue weighted by Crippen LogP contribution is 2.29. The highest BCUT2D eigenvalue weighted by atomic mass is 35.5. The molecule has 4 aromatic rings. The molecule has 1 saturated heterocycles. The van der Waals surface area contributed by atoms with Crippen LogP contribution in [0, 0.1) is 10.6 Å². The summed E-state index contributed by atoms with van der Waals surface area (Å²) in [4.78, 5) is 2.21. The van der Waals surface area contributed by atoms with E-state index in [0.717, 1.165) is 18.7 Å². The molecule has 0 aliphatic carbocycles. The van der Waals surface area contributed by atoms with E-state index in [1.54, 1.807) is 52.0 Å². The smallest absolute Gasteiger partial charge is 0.220 e. The van der Waals surface area contributed by atoms with E-state index in [4.69, 9.17) is 38.4 Å². The van der Waals surface area contributed by atoms with Gasteiger partial charge in [0.15, 0.2) is 17.4 Å². The summed E-state index contributed by atoms with van der Waals surface area (Å²) in [6, 6.07) is 20.9. The molecule has 0 unspecified atom stereocenters. The third kappa shape index (κ3) is 5.71. The van der Waals surface area contributed by atoms with E-state index in [9.17, 15) is 4.39 Å². The molecule has 0 amide bonds. The number of hydrogen-bond donors (Lipinski definition) is 0. The quantitative estimate of drug-likeness (QED) is 0.225. The number of hydrogen-bond acceptors (Lipinski definition) is 6. The van der Waals surface area contributed by atoms with E-state index in [0.29, 0.717) is 46.8 Å². The molecule has 1 aromatic heterocycles. The summed E-state index contributed by atoms with van der Waals surface area (Å²) < 4.78 is 29.6. The molecular formula is C26H23ClFN5O2S. The van der Waals surface area contributed by atoms with E-state index in [2.05, 4.69) is 10.0 Å². The van der Waals surface area contributed by atoms with E-state index in [-0.39, 0.29) is 5.75 Å². The van der Waals surface area contributed by atoms with Crippen LogP contribution in [0.4, 0.5) is 4.39 Å². The zero-order valence-corrected chi connectivity index (χ0v) is 20.8. The van der Waals surface area contributed by atoms with Gasteiger partial charge in [-0.3, -0.25) is 4.90 Å². The monoisotopic (exact) mass is 523 g/mol. The average molecular weight is 524 g/mol. The van der Waals surface area contributed by atoms with Gasteiger partial charge in [-0.15, -0.1) is 5.10 Å². The number of benzene rings is 3. The number of ether oxygens (including phenoxy) is 2. The molecular weight excluding hydrogens is 501 g/mol. The fraction of sp³-hybridized carbons (Fsp3) is 0.192. The fourth-order valence-electron chi connectivity index (χ4n) is 3.72. The summed E-state index contributed by atoms with van der Waals surface area (Å²) in [5.41, 5.74) is 1.46. The largest absolute Gasteiger partial charge is 0.454 e. The number of aromatic nitrogens is 3. The van der Waals surface area contributed by atoms with Crippen molar-refractivity contribution in [3.05, 3.63) is 94.0 Å². The molecule has 2 heterocycles. The Kier molecular flexibility index (Phi) is 7.52. The standard InChI is InChI=1S/C26H23ClFN5O2S/c27-21-9-6-19(7-10-21)17-29-33-25(30-32(26(33)36)18-31-12-14-34-15-13-31)20-8-11-23(28)24(16-20)35-22-4-2-1-3-5-22/h1-11,16-17H,12-15,18H2/b29-17+. The first kappa shape index (κ1) is 24.3. The van der Waals surface area contributed by atoms with Gasteiger partial charge in [0, 0.05) is 23.7 Å². The molecule has 3 aromatic carbocycles. The SMILES string of the molecule is Fc1ccc(-c2nn(CN3CCOCC3)c(=S)n2/N=C/c2ccc(Cl)cc2)cc1Oc1ccccc1. The molecule has 0 bridgehead atoms. The fourth-order valence-corrected chi connectivity index (χ4v) is 4.08. The maximum absolute atomic E-state index is 14.6. The van der Waals surface area contributed by atoms with Crippen LogP contribution in [0.1, 0.15) is 5.56 Å². The normalized spacial score (nSPS) is 14.4. The zero-order chi connectivity index (χ0) is 24.9. The Bertz CT molecular complexity index is 1420. The van der Waals surface area contributed by atoms with Crippen LogP contribution in [0.2, 0.25) is 5.02 Å². The average Bonchev–Trinajstić information content (AvgIpc) is 3.21. The first-order valence-electron chi connectivity index (χ1n) is 11.4. The maximum atomic E-state index is 14.6. The van der Waals surface area contributed by atoms with E-state index >= 15 is 0 Å². The molecule has 36 heavy (non-hydrogen) atoms. The summed E-state index contributed by atoms with van der Waals surface area (Å²) in [5, 5.41) is 10.0. The molecule has 0 spiro atoms. The van der Waals surface area contributed by atoms with Crippen molar-refractivity contribution in [1.29, 1.82) is 0 Å². The molecule has 0 N–H and O–H groups in total. The number of morpholine rings is 1. The van der Waals surface area contributed by atoms with Gasteiger partial charge in [-0.25, -0.2) is 9.07 Å². The van der Waals surface area contributed by atoms with Crippen LogP contribution < -0.4 is 4.74 Å². The first-order valence-corrected chi connectivity index (χ1v) is 12.2. The minimum atomic E-state index is -0.481. The van der Waals surface area contributed by atoms with Crippen molar-refractivity contribution in [1.82, 2.24) is 19.4 Å². The molecule has 0 saturated carbocycles. The van der Waals surface area contributed by atoms with Crippen molar-refractivity contribution >= 4 is 30.0 Å². The summed E-state index contributed by atoms with van der Waals surface area (Å²) in [7, 11) is 0. The number of para-hydroxylation sites is 1. The first-order chi connectivity index (χ1) is 17.6. The summed E-state index contributed by atoms with van der Waals surface area (Å²) in [5.74, 6) is 0.603. The lowest BCUT2D eigenvalue weighted by Crippen LogP contribution is -2.37. The summed E-state index contributed by atoms with van der Waals surface area (Å²) in [6.45, 7) is 3.38. The van der Waals surface area contributed by atoms with Gasteiger partial charge < -0.3 is 9.47 Å². The number of halogens is 2. The highest BCUT2D eigenvalue weighted by molar-refractivity contribution is 7.71. The van der Waals surface area contributed by atoms with Crippen LogP contribution in [0.25, 0.3) is 11.4 Å². The van der Waals surface area contributed by atoms with E-state index in [1.165, 1.54) is 6.07 Å². The third-order valence-corrected chi connectivity index (χ3v) is 6.24. The summed E-state index contributed by atoms with van der Waals surface area (Å²) >= 11 is 11.8. The van der Waals surface area contributed by atoms with Crippen LogP contribution in [0.15, 0.2) is 77.9 Å². The second-order valence-electron chi connectivity index (χ2n) is 8.15. The van der Waals surface area contributed by atoms with Crippen LogP contribution >= 0.6 is 23.8 Å². The van der Waals surface area contributed by atoms with Crippen molar-refractivity contribution in [2.24, 2.45) is 5.10 Å². The zero-order valence-electron chi connectivity index (χ0n) is 19.3. The van der Waals surface area contributed by atoms with Gasteiger partial charge in [0.2, 0.25) is 4.77 Å². The minimum Gasteiger partial charge on any atom is -0.454 e. The number of nitrogens with zero attached hydrogens (tertiary/aromatic N) is 5. The van der Waals surface area contributed by atoms with Gasteiger partial charge >= 0.3 is 0 Å². The Labute approximate surface area is 218 Å².